The number of rotatable bonds is 6. The molecule has 0 saturated heterocycles. The smallest absolute Gasteiger partial charge is 0.408 e. The number of aliphatic imine (C=N–C) groups is 1. The van der Waals surface area contributed by atoms with Crippen LogP contribution in [0.4, 0.5) is 10.5 Å². The van der Waals surface area contributed by atoms with Gasteiger partial charge in [-0.25, -0.2) is 9.79 Å². The molecule has 8 nitrogen and oxygen atoms in total. The molecule has 0 radical (unpaired) electrons. The summed E-state index contributed by atoms with van der Waals surface area (Å²) in [6.07, 6.45) is 4.11. The number of nitrogens with zero attached hydrogens (tertiary/aromatic N) is 2. The molecule has 1 heterocycles. The molecule has 2 aliphatic rings. The Labute approximate surface area is 224 Å². The molecule has 2 atom stereocenters. The number of fused-ring (bicyclic) bond motifs is 1. The Hall–Kier alpha value is -3.68. The molecule has 1 aliphatic carbocycles. The molecule has 2 aromatic rings. The summed E-state index contributed by atoms with van der Waals surface area (Å²) in [5.74, 6) is -0.490. The Kier molecular flexibility index (Phi) is 8.49. The van der Waals surface area contributed by atoms with E-state index in [1.54, 1.807) is 27.8 Å². The largest absolute Gasteiger partial charge is 0.444 e. The highest BCUT2D eigenvalue weighted by atomic mass is 16.6. The predicted octanol–water partition coefficient (Wildman–Crippen LogP) is 4.81. The maximum absolute atomic E-state index is 13.6. The number of para-hydroxylation sites is 1. The molecule has 1 aliphatic heterocycles. The molecule has 0 spiro atoms. The Morgan fingerprint density at radius 1 is 1.03 bits per heavy atom. The van der Waals surface area contributed by atoms with Crippen LogP contribution in [0, 0.1) is 5.92 Å². The number of hydrogen-bond acceptors (Lipinski definition) is 5. The molecule has 0 bridgehead atoms. The first-order chi connectivity index (χ1) is 18.1. The number of anilines is 1. The van der Waals surface area contributed by atoms with E-state index < -0.39 is 29.8 Å². The van der Waals surface area contributed by atoms with E-state index in [9.17, 15) is 14.4 Å². The van der Waals surface area contributed by atoms with E-state index in [0.717, 1.165) is 36.8 Å². The zero-order chi connectivity index (χ0) is 27.3. The normalized spacial score (nSPS) is 19.1. The summed E-state index contributed by atoms with van der Waals surface area (Å²) in [7, 11) is 1.68. The lowest BCUT2D eigenvalue weighted by Gasteiger charge is -2.29. The molecule has 2 aromatic carbocycles. The molecule has 38 heavy (non-hydrogen) atoms. The van der Waals surface area contributed by atoms with E-state index in [4.69, 9.17) is 9.73 Å². The van der Waals surface area contributed by atoms with Crippen LogP contribution >= 0.6 is 0 Å². The second kappa shape index (κ2) is 11.8. The molecule has 3 amide bonds. The van der Waals surface area contributed by atoms with Gasteiger partial charge in [-0.15, -0.1) is 0 Å². The van der Waals surface area contributed by atoms with Crippen molar-refractivity contribution in [2.75, 3.05) is 11.9 Å². The van der Waals surface area contributed by atoms with E-state index in [0.29, 0.717) is 23.7 Å². The Bertz CT molecular complexity index is 1180. The van der Waals surface area contributed by atoms with Gasteiger partial charge in [0.15, 0.2) is 0 Å². The fraction of sp³-hybridized carbons (Fsp3) is 0.467. The lowest BCUT2D eigenvalue weighted by atomic mass is 9.84. The first-order valence-electron chi connectivity index (χ1n) is 13.4. The topological polar surface area (TPSA) is 100 Å². The van der Waals surface area contributed by atoms with Gasteiger partial charge in [-0.2, -0.15) is 0 Å². The van der Waals surface area contributed by atoms with Crippen LogP contribution < -0.4 is 15.5 Å². The van der Waals surface area contributed by atoms with E-state index >= 15 is 0 Å². The average molecular weight is 519 g/mol. The maximum atomic E-state index is 13.6. The van der Waals surface area contributed by atoms with Crippen molar-refractivity contribution in [1.29, 1.82) is 0 Å². The molecule has 1 saturated carbocycles. The number of nitrogens with one attached hydrogen (secondary N) is 2. The van der Waals surface area contributed by atoms with Crippen molar-refractivity contribution in [3.8, 4) is 0 Å². The van der Waals surface area contributed by atoms with Gasteiger partial charge < -0.3 is 20.3 Å². The van der Waals surface area contributed by atoms with Crippen LogP contribution in [0.25, 0.3) is 0 Å². The van der Waals surface area contributed by atoms with Gasteiger partial charge in [-0.3, -0.25) is 9.59 Å². The zero-order valence-electron chi connectivity index (χ0n) is 22.7. The Morgan fingerprint density at radius 2 is 1.68 bits per heavy atom. The van der Waals surface area contributed by atoms with Gasteiger partial charge in [0.1, 0.15) is 11.6 Å². The van der Waals surface area contributed by atoms with Gasteiger partial charge in [0, 0.05) is 18.2 Å². The fourth-order valence-electron chi connectivity index (χ4n) is 5.12. The minimum Gasteiger partial charge on any atom is -0.444 e. The third-order valence-corrected chi connectivity index (χ3v) is 6.97. The van der Waals surface area contributed by atoms with Crippen LogP contribution in [0.5, 0.6) is 0 Å². The molecule has 0 unspecified atom stereocenters. The van der Waals surface area contributed by atoms with Gasteiger partial charge in [-0.1, -0.05) is 80.6 Å². The summed E-state index contributed by atoms with van der Waals surface area (Å²) in [6.45, 7) is 5.33. The van der Waals surface area contributed by atoms with E-state index in [1.165, 1.54) is 11.3 Å². The predicted molar refractivity (Wildman–Crippen MR) is 148 cm³/mol. The van der Waals surface area contributed by atoms with Gasteiger partial charge in [0.05, 0.1) is 11.4 Å². The zero-order valence-corrected chi connectivity index (χ0v) is 22.7. The minimum absolute atomic E-state index is 0.314. The highest BCUT2D eigenvalue weighted by Crippen LogP contribution is 2.29. The average Bonchev–Trinajstić information content (AvgIpc) is 2.99. The number of benzodiazepines with no additional fused rings is 1. The number of hydrogen-bond donors (Lipinski definition) is 2. The first kappa shape index (κ1) is 27.4. The van der Waals surface area contributed by atoms with Crippen molar-refractivity contribution in [2.45, 2.75) is 77.1 Å². The quantitative estimate of drug-likeness (QED) is 0.573. The van der Waals surface area contributed by atoms with Crippen molar-refractivity contribution in [3.05, 3.63) is 65.7 Å². The standard InChI is InChI=1S/C30H38N4O4/c1-30(2,3)38-29(37)31-23(19-20-13-7-5-8-14-20)27(35)33-26-28(36)34(4)24-18-12-11-17-22(24)25(32-26)21-15-9-6-10-16-21/h6,9-12,15-18,20,23,26H,5,7-8,13-14,19H2,1-4H3,(H,31,37)(H,33,35)/t23-,26+/m1/s1. The number of benzene rings is 2. The van der Waals surface area contributed by atoms with Crippen molar-refractivity contribution < 1.29 is 19.1 Å². The summed E-state index contributed by atoms with van der Waals surface area (Å²) >= 11 is 0. The number of carbonyl (C=O) groups is 3. The molecule has 1 fully saturated rings. The highest BCUT2D eigenvalue weighted by Gasteiger charge is 2.34. The van der Waals surface area contributed by atoms with Gasteiger partial charge in [-0.05, 0) is 39.2 Å². The molecule has 202 valence electrons. The summed E-state index contributed by atoms with van der Waals surface area (Å²) in [5.41, 5.74) is 2.27. The van der Waals surface area contributed by atoms with Crippen molar-refractivity contribution in [1.82, 2.24) is 10.6 Å². The molecule has 8 heteroatoms. The Morgan fingerprint density at radius 3 is 2.37 bits per heavy atom. The number of alkyl carbamates (subject to hydrolysis) is 1. The molecule has 0 aromatic heterocycles. The second-order valence-electron chi connectivity index (χ2n) is 11.1. The van der Waals surface area contributed by atoms with E-state index in [1.807, 2.05) is 54.6 Å². The van der Waals surface area contributed by atoms with E-state index in [-0.39, 0.29) is 5.91 Å². The summed E-state index contributed by atoms with van der Waals surface area (Å²) in [5, 5.41) is 5.61. The van der Waals surface area contributed by atoms with E-state index in [2.05, 4.69) is 10.6 Å². The lowest BCUT2D eigenvalue weighted by Crippen LogP contribution is -2.54. The van der Waals surface area contributed by atoms with Crippen molar-refractivity contribution in [2.24, 2.45) is 10.9 Å². The van der Waals surface area contributed by atoms with Crippen LogP contribution in [0.3, 0.4) is 0 Å². The molecular formula is C30H38N4O4. The minimum atomic E-state index is -1.15. The number of likely N-dealkylation sites (N-methyl/N-ethyl adjacent to an activating group) is 1. The third kappa shape index (κ3) is 6.79. The van der Waals surface area contributed by atoms with Crippen LogP contribution in [0.15, 0.2) is 59.6 Å². The summed E-state index contributed by atoms with van der Waals surface area (Å²) in [6, 6.07) is 16.3. The molecular weight excluding hydrogens is 480 g/mol. The maximum Gasteiger partial charge on any atom is 0.408 e. The number of amides is 3. The summed E-state index contributed by atoms with van der Waals surface area (Å²) in [4.78, 5) is 46.1. The van der Waals surface area contributed by atoms with Crippen LogP contribution in [0.1, 0.15) is 70.4 Å². The Balaban J connectivity index is 1.63. The lowest BCUT2D eigenvalue weighted by molar-refractivity contribution is -0.128. The summed E-state index contributed by atoms with van der Waals surface area (Å²) < 4.78 is 5.44. The van der Waals surface area contributed by atoms with Crippen LogP contribution in [-0.4, -0.2) is 48.5 Å². The van der Waals surface area contributed by atoms with Gasteiger partial charge in [0.2, 0.25) is 12.1 Å². The first-order valence-corrected chi connectivity index (χ1v) is 13.4. The monoisotopic (exact) mass is 518 g/mol. The van der Waals surface area contributed by atoms with Crippen molar-refractivity contribution >= 4 is 29.3 Å². The van der Waals surface area contributed by atoms with Gasteiger partial charge >= 0.3 is 6.09 Å². The third-order valence-electron chi connectivity index (χ3n) is 6.97. The highest BCUT2D eigenvalue weighted by molar-refractivity contribution is 6.20. The van der Waals surface area contributed by atoms with Crippen LogP contribution in [-0.2, 0) is 14.3 Å². The fourth-order valence-corrected chi connectivity index (χ4v) is 5.12. The van der Waals surface area contributed by atoms with Crippen molar-refractivity contribution in [3.63, 3.8) is 0 Å². The SMILES string of the molecule is CN1C(=O)[C@H](NC(=O)[C@@H](CC2CCCCC2)NC(=O)OC(C)(C)C)N=C(c2ccccc2)c2ccccc21. The number of carbonyl (C=O) groups excluding carboxylic acids is 3. The van der Waals surface area contributed by atoms with Gasteiger partial charge in [0.25, 0.3) is 5.91 Å². The molecule has 2 N–H and O–H groups in total. The number of ether oxygens (including phenoxy) is 1. The molecule has 4 rings (SSSR count). The second-order valence-corrected chi connectivity index (χ2v) is 11.1. The van der Waals surface area contributed by atoms with Crippen LogP contribution in [0.2, 0.25) is 0 Å².